The van der Waals surface area contributed by atoms with Gasteiger partial charge in [-0.3, -0.25) is 19.3 Å². The van der Waals surface area contributed by atoms with E-state index >= 15 is 0 Å². The number of fused-ring (bicyclic) bond motifs is 3. The van der Waals surface area contributed by atoms with E-state index in [0.29, 0.717) is 29.8 Å². The van der Waals surface area contributed by atoms with Crippen LogP contribution in [0.3, 0.4) is 0 Å². The predicted molar refractivity (Wildman–Crippen MR) is 76.4 cm³/mol. The van der Waals surface area contributed by atoms with Gasteiger partial charge in [0, 0.05) is 37.7 Å². The first-order chi connectivity index (χ1) is 10.1. The minimum absolute atomic E-state index is 0.238. The van der Waals surface area contributed by atoms with E-state index < -0.39 is 0 Å². The lowest BCUT2D eigenvalue weighted by Crippen LogP contribution is -2.43. The molecule has 3 heterocycles. The van der Waals surface area contributed by atoms with Crippen molar-refractivity contribution in [1.82, 2.24) is 4.90 Å². The highest BCUT2D eigenvalue weighted by Crippen LogP contribution is 2.39. The number of piperidine rings is 1. The number of carbonyl (C=O) groups excluding carboxylic acids is 3. The summed E-state index contributed by atoms with van der Waals surface area (Å²) in [5, 5.41) is 0. The summed E-state index contributed by atoms with van der Waals surface area (Å²) in [6, 6.07) is 5.97. The Morgan fingerprint density at radius 3 is 2.24 bits per heavy atom. The molecule has 1 aromatic carbocycles. The van der Waals surface area contributed by atoms with Crippen LogP contribution in [0.4, 0.5) is 5.69 Å². The summed E-state index contributed by atoms with van der Waals surface area (Å²) in [6.07, 6.45) is 3.25. The maximum absolute atomic E-state index is 12.1. The van der Waals surface area contributed by atoms with Crippen LogP contribution in [-0.4, -0.2) is 41.6 Å². The Morgan fingerprint density at radius 2 is 1.57 bits per heavy atom. The minimum atomic E-state index is -0.239. The van der Waals surface area contributed by atoms with E-state index in [9.17, 15) is 14.4 Å². The number of carbonyl (C=O) groups is 3. The fraction of sp³-hybridized carbons (Fsp3) is 0.438. The number of rotatable bonds is 1. The van der Waals surface area contributed by atoms with Gasteiger partial charge in [-0.05, 0) is 31.0 Å². The summed E-state index contributed by atoms with van der Waals surface area (Å²) in [6.45, 7) is 0. The van der Waals surface area contributed by atoms with Crippen LogP contribution in [0.5, 0.6) is 0 Å². The molecule has 1 aromatic rings. The smallest absolute Gasteiger partial charge is 0.261 e. The lowest BCUT2D eigenvalue weighted by atomic mass is 9.99. The molecule has 2 atom stereocenters. The Morgan fingerprint density at radius 1 is 0.952 bits per heavy atom. The molecule has 0 radical (unpaired) electrons. The van der Waals surface area contributed by atoms with E-state index in [1.165, 1.54) is 7.05 Å². The molecule has 0 spiro atoms. The van der Waals surface area contributed by atoms with Crippen LogP contribution in [-0.2, 0) is 4.79 Å². The van der Waals surface area contributed by atoms with Gasteiger partial charge in [0.05, 0.1) is 11.1 Å². The van der Waals surface area contributed by atoms with Crippen LogP contribution in [0.2, 0.25) is 0 Å². The molecule has 3 aliphatic rings. The van der Waals surface area contributed by atoms with E-state index in [0.717, 1.165) is 23.4 Å². The van der Waals surface area contributed by atoms with Crippen molar-refractivity contribution in [1.29, 1.82) is 0 Å². The average molecular weight is 284 g/mol. The standard InChI is InChI=1S/C16H16N2O3/c1-17-15(20)13-5-4-11(8-14(13)16(17)21)18-9-2-3-10(18)7-12(19)6-9/h4-5,8-10H,2-3,6-7H2,1H3. The highest BCUT2D eigenvalue weighted by Gasteiger charge is 2.41. The topological polar surface area (TPSA) is 57.7 Å². The van der Waals surface area contributed by atoms with Gasteiger partial charge in [-0.25, -0.2) is 0 Å². The van der Waals surface area contributed by atoms with Crippen LogP contribution in [0, 0.1) is 0 Å². The molecular weight excluding hydrogens is 268 g/mol. The first-order valence-electron chi connectivity index (χ1n) is 7.32. The third kappa shape index (κ3) is 1.66. The van der Waals surface area contributed by atoms with Gasteiger partial charge in [-0.2, -0.15) is 0 Å². The monoisotopic (exact) mass is 284 g/mol. The number of benzene rings is 1. The maximum Gasteiger partial charge on any atom is 0.261 e. The summed E-state index contributed by atoms with van der Waals surface area (Å²) in [5.74, 6) is -0.137. The molecule has 0 aromatic heterocycles. The minimum Gasteiger partial charge on any atom is -0.365 e. The summed E-state index contributed by atoms with van der Waals surface area (Å²) < 4.78 is 0. The number of amides is 2. The summed E-state index contributed by atoms with van der Waals surface area (Å²) >= 11 is 0. The van der Waals surface area contributed by atoms with E-state index in [1.54, 1.807) is 6.07 Å². The number of hydrogen-bond acceptors (Lipinski definition) is 4. The molecule has 5 nitrogen and oxygen atoms in total. The van der Waals surface area contributed by atoms with Crippen LogP contribution in [0.15, 0.2) is 18.2 Å². The van der Waals surface area contributed by atoms with E-state index in [-0.39, 0.29) is 23.9 Å². The lowest BCUT2D eigenvalue weighted by Gasteiger charge is -2.36. The molecule has 0 N–H and O–H groups in total. The molecule has 2 fully saturated rings. The van der Waals surface area contributed by atoms with Crippen molar-refractivity contribution in [2.45, 2.75) is 37.8 Å². The zero-order valence-corrected chi connectivity index (χ0v) is 11.8. The zero-order chi connectivity index (χ0) is 14.7. The number of anilines is 1. The van der Waals surface area contributed by atoms with Gasteiger partial charge in [-0.1, -0.05) is 0 Å². The van der Waals surface area contributed by atoms with E-state index in [2.05, 4.69) is 4.90 Å². The highest BCUT2D eigenvalue weighted by molar-refractivity contribution is 6.21. The van der Waals surface area contributed by atoms with Crippen LogP contribution in [0.1, 0.15) is 46.4 Å². The Kier molecular flexibility index (Phi) is 2.49. The Bertz CT molecular complexity index is 666. The molecule has 2 amide bonds. The number of Topliss-reactive ketones (excluding diaryl/α,β-unsaturated/α-hetero) is 1. The second-order valence-electron chi connectivity index (χ2n) is 6.14. The third-order valence-corrected chi connectivity index (χ3v) is 4.92. The molecule has 0 saturated carbocycles. The number of ketones is 1. The molecule has 21 heavy (non-hydrogen) atoms. The van der Waals surface area contributed by atoms with Gasteiger partial charge < -0.3 is 4.90 Å². The van der Waals surface area contributed by atoms with Gasteiger partial charge in [0.2, 0.25) is 0 Å². The molecule has 0 aliphatic carbocycles. The van der Waals surface area contributed by atoms with Crippen LogP contribution in [0.25, 0.3) is 0 Å². The molecule has 4 rings (SSSR count). The molecule has 5 heteroatoms. The second-order valence-corrected chi connectivity index (χ2v) is 6.14. The van der Waals surface area contributed by atoms with Gasteiger partial charge in [-0.15, -0.1) is 0 Å². The summed E-state index contributed by atoms with van der Waals surface area (Å²) in [7, 11) is 1.51. The summed E-state index contributed by atoms with van der Waals surface area (Å²) in [5.41, 5.74) is 1.92. The maximum atomic E-state index is 12.1. The van der Waals surface area contributed by atoms with Crippen molar-refractivity contribution < 1.29 is 14.4 Å². The molecular formula is C16H16N2O3. The third-order valence-electron chi connectivity index (χ3n) is 4.92. The van der Waals surface area contributed by atoms with Gasteiger partial charge in [0.15, 0.2) is 0 Å². The van der Waals surface area contributed by atoms with Crippen molar-refractivity contribution in [2.75, 3.05) is 11.9 Å². The van der Waals surface area contributed by atoms with Crippen molar-refractivity contribution >= 4 is 23.3 Å². The zero-order valence-electron chi connectivity index (χ0n) is 11.8. The van der Waals surface area contributed by atoms with Crippen molar-refractivity contribution in [3.63, 3.8) is 0 Å². The van der Waals surface area contributed by atoms with Gasteiger partial charge in [0.25, 0.3) is 11.8 Å². The largest absolute Gasteiger partial charge is 0.365 e. The van der Waals surface area contributed by atoms with Crippen molar-refractivity contribution in [3.05, 3.63) is 29.3 Å². The van der Waals surface area contributed by atoms with Gasteiger partial charge >= 0.3 is 0 Å². The van der Waals surface area contributed by atoms with E-state index in [4.69, 9.17) is 0 Å². The number of imide groups is 1. The molecule has 2 saturated heterocycles. The molecule has 2 unspecified atom stereocenters. The number of nitrogens with zero attached hydrogens (tertiary/aromatic N) is 2. The first-order valence-corrected chi connectivity index (χ1v) is 7.32. The first kappa shape index (κ1) is 12.6. The predicted octanol–water partition coefficient (Wildman–Crippen LogP) is 1.61. The lowest BCUT2D eigenvalue weighted by molar-refractivity contribution is -0.120. The van der Waals surface area contributed by atoms with E-state index in [1.807, 2.05) is 12.1 Å². The normalized spacial score (nSPS) is 27.6. The second kappa shape index (κ2) is 4.16. The Labute approximate surface area is 122 Å². The Balaban J connectivity index is 1.74. The SMILES string of the molecule is CN1C(=O)c2ccc(N3C4CCC3CC(=O)C4)cc2C1=O. The molecule has 108 valence electrons. The van der Waals surface area contributed by atoms with Crippen LogP contribution < -0.4 is 4.90 Å². The molecule has 2 bridgehead atoms. The van der Waals surface area contributed by atoms with Crippen molar-refractivity contribution in [3.8, 4) is 0 Å². The van der Waals surface area contributed by atoms with Crippen LogP contribution >= 0.6 is 0 Å². The summed E-state index contributed by atoms with van der Waals surface area (Å²) in [4.78, 5) is 39.2. The Hall–Kier alpha value is -2.17. The number of hydrogen-bond donors (Lipinski definition) is 0. The average Bonchev–Trinajstić information content (AvgIpc) is 2.86. The van der Waals surface area contributed by atoms with Crippen molar-refractivity contribution in [2.24, 2.45) is 0 Å². The van der Waals surface area contributed by atoms with Gasteiger partial charge in [0.1, 0.15) is 5.78 Å². The fourth-order valence-electron chi connectivity index (χ4n) is 3.90. The molecule has 3 aliphatic heterocycles. The fourth-order valence-corrected chi connectivity index (χ4v) is 3.90. The quantitative estimate of drug-likeness (QED) is 0.735. The highest BCUT2D eigenvalue weighted by atomic mass is 16.2.